The molecule has 0 bridgehead atoms. The van der Waals surface area contributed by atoms with Crippen LogP contribution in [0.5, 0.6) is 5.75 Å². The molecule has 0 heterocycles. The topological polar surface area (TPSA) is 21.3 Å². The van der Waals surface area contributed by atoms with E-state index in [0.29, 0.717) is 0 Å². The van der Waals surface area contributed by atoms with Gasteiger partial charge in [-0.15, -0.1) is 0 Å². The first-order valence-corrected chi connectivity index (χ1v) is 7.80. The molecule has 1 N–H and O–H groups in total. The fourth-order valence-electron chi connectivity index (χ4n) is 1.79. The highest BCUT2D eigenvalue weighted by Gasteiger charge is 2.04. The molecular weight excluding hydrogens is 417 g/mol. The second-order valence-corrected chi connectivity index (χ2v) is 6.35. The number of benzene rings is 2. The predicted molar refractivity (Wildman–Crippen MR) is 91.9 cm³/mol. The Morgan fingerprint density at radius 2 is 2.00 bits per heavy atom. The van der Waals surface area contributed by atoms with Crippen molar-refractivity contribution in [3.8, 4) is 5.75 Å². The van der Waals surface area contributed by atoms with Crippen molar-refractivity contribution in [3.63, 3.8) is 0 Å². The highest BCUT2D eigenvalue weighted by atomic mass is 127. The summed E-state index contributed by atoms with van der Waals surface area (Å²) >= 11 is 5.84. The zero-order chi connectivity index (χ0) is 13.8. The number of halogens is 2. The van der Waals surface area contributed by atoms with Crippen molar-refractivity contribution in [1.82, 2.24) is 0 Å². The molecule has 0 aromatic heterocycles. The van der Waals surface area contributed by atoms with Crippen molar-refractivity contribution in [2.75, 3.05) is 12.4 Å². The van der Waals surface area contributed by atoms with Crippen molar-refractivity contribution in [1.29, 1.82) is 0 Å². The highest BCUT2D eigenvalue weighted by molar-refractivity contribution is 14.1. The summed E-state index contributed by atoms with van der Waals surface area (Å²) in [5.74, 6) is 0.900. The molecule has 0 radical (unpaired) electrons. The molecule has 2 aromatic carbocycles. The monoisotopic (exact) mass is 431 g/mol. The Bertz CT molecular complexity index is 586. The second-order valence-electron chi connectivity index (χ2n) is 4.27. The summed E-state index contributed by atoms with van der Waals surface area (Å²) in [7, 11) is 1.70. The van der Waals surface area contributed by atoms with Crippen molar-refractivity contribution >= 4 is 44.2 Å². The minimum absolute atomic E-state index is 0.738. The van der Waals surface area contributed by atoms with E-state index in [1.807, 2.05) is 12.1 Å². The SMILES string of the molecule is COc1ccc(Br)cc1CNc1ccc(C)c(I)c1. The number of rotatable bonds is 4. The Labute approximate surface area is 135 Å². The summed E-state index contributed by atoms with van der Waals surface area (Å²) < 4.78 is 7.70. The van der Waals surface area contributed by atoms with Gasteiger partial charge in [0.05, 0.1) is 7.11 Å². The molecule has 0 aliphatic carbocycles. The van der Waals surface area contributed by atoms with Crippen LogP contribution >= 0.6 is 38.5 Å². The maximum absolute atomic E-state index is 5.37. The van der Waals surface area contributed by atoms with E-state index in [2.05, 4.69) is 75.0 Å². The summed E-state index contributed by atoms with van der Waals surface area (Å²) in [6, 6.07) is 12.4. The van der Waals surface area contributed by atoms with Gasteiger partial charge in [-0.2, -0.15) is 0 Å². The summed E-state index contributed by atoms with van der Waals surface area (Å²) in [5.41, 5.74) is 3.55. The number of hydrogen-bond donors (Lipinski definition) is 1. The zero-order valence-corrected chi connectivity index (χ0v) is 14.6. The van der Waals surface area contributed by atoms with Crippen LogP contribution in [0.15, 0.2) is 40.9 Å². The Balaban J connectivity index is 2.13. The summed E-state index contributed by atoms with van der Waals surface area (Å²) in [6.45, 7) is 2.85. The molecule has 0 spiro atoms. The van der Waals surface area contributed by atoms with Crippen LogP contribution < -0.4 is 10.1 Å². The van der Waals surface area contributed by atoms with E-state index in [1.165, 1.54) is 9.13 Å². The van der Waals surface area contributed by atoms with E-state index in [4.69, 9.17) is 4.74 Å². The first kappa shape index (κ1) is 14.7. The molecule has 2 nitrogen and oxygen atoms in total. The minimum Gasteiger partial charge on any atom is -0.496 e. The Kier molecular flexibility index (Phi) is 5.10. The molecule has 0 saturated carbocycles. The lowest BCUT2D eigenvalue weighted by Crippen LogP contribution is -2.02. The van der Waals surface area contributed by atoms with Gasteiger partial charge in [0, 0.05) is 25.8 Å². The molecule has 4 heteroatoms. The van der Waals surface area contributed by atoms with Gasteiger partial charge >= 0.3 is 0 Å². The minimum atomic E-state index is 0.738. The molecule has 2 rings (SSSR count). The molecule has 100 valence electrons. The molecule has 0 fully saturated rings. The predicted octanol–water partition coefficient (Wildman–Crippen LogP) is 4.98. The van der Waals surface area contributed by atoms with Crippen LogP contribution in [0.4, 0.5) is 5.69 Å². The van der Waals surface area contributed by atoms with E-state index in [9.17, 15) is 0 Å². The number of hydrogen-bond acceptors (Lipinski definition) is 2. The van der Waals surface area contributed by atoms with Crippen LogP contribution in [-0.4, -0.2) is 7.11 Å². The van der Waals surface area contributed by atoms with Crippen LogP contribution in [-0.2, 0) is 6.54 Å². The van der Waals surface area contributed by atoms with E-state index >= 15 is 0 Å². The largest absolute Gasteiger partial charge is 0.496 e. The molecule has 0 amide bonds. The average molecular weight is 432 g/mol. The van der Waals surface area contributed by atoms with Gasteiger partial charge in [0.2, 0.25) is 0 Å². The third-order valence-electron chi connectivity index (χ3n) is 2.90. The van der Waals surface area contributed by atoms with Crippen molar-refractivity contribution in [2.24, 2.45) is 0 Å². The summed E-state index contributed by atoms with van der Waals surface area (Å²) in [5, 5.41) is 3.43. The standard InChI is InChI=1S/C15H15BrINO/c1-10-3-5-13(8-14(10)17)18-9-11-7-12(16)4-6-15(11)19-2/h3-8,18H,9H2,1-2H3. The molecule has 0 unspecified atom stereocenters. The lowest BCUT2D eigenvalue weighted by Gasteiger charge is -2.12. The van der Waals surface area contributed by atoms with E-state index in [0.717, 1.165) is 28.0 Å². The first-order valence-electron chi connectivity index (χ1n) is 5.92. The molecular formula is C15H15BrINO. The first-order chi connectivity index (χ1) is 9.10. The van der Waals surface area contributed by atoms with Crippen molar-refractivity contribution in [2.45, 2.75) is 13.5 Å². The number of anilines is 1. The van der Waals surface area contributed by atoms with Gasteiger partial charge < -0.3 is 10.1 Å². The number of methoxy groups -OCH3 is 1. The Morgan fingerprint density at radius 3 is 2.68 bits per heavy atom. The van der Waals surface area contributed by atoms with E-state index in [1.54, 1.807) is 7.11 Å². The van der Waals surface area contributed by atoms with Crippen LogP contribution in [0.25, 0.3) is 0 Å². The lowest BCUT2D eigenvalue weighted by molar-refractivity contribution is 0.410. The zero-order valence-electron chi connectivity index (χ0n) is 10.8. The smallest absolute Gasteiger partial charge is 0.123 e. The Morgan fingerprint density at radius 1 is 1.21 bits per heavy atom. The van der Waals surface area contributed by atoms with Gasteiger partial charge in [-0.05, 0) is 65.4 Å². The molecule has 19 heavy (non-hydrogen) atoms. The van der Waals surface area contributed by atoms with Gasteiger partial charge in [-0.1, -0.05) is 22.0 Å². The normalized spacial score (nSPS) is 10.3. The van der Waals surface area contributed by atoms with Crippen LogP contribution in [0, 0.1) is 10.5 Å². The average Bonchev–Trinajstić information content (AvgIpc) is 2.40. The third kappa shape index (κ3) is 3.86. The highest BCUT2D eigenvalue weighted by Crippen LogP contribution is 2.24. The van der Waals surface area contributed by atoms with Crippen molar-refractivity contribution in [3.05, 3.63) is 55.6 Å². The fourth-order valence-corrected chi connectivity index (χ4v) is 2.71. The lowest BCUT2D eigenvalue weighted by atomic mass is 10.2. The van der Waals surface area contributed by atoms with Gasteiger partial charge in [-0.3, -0.25) is 0 Å². The molecule has 0 aliphatic heterocycles. The van der Waals surface area contributed by atoms with Crippen molar-refractivity contribution < 1.29 is 4.74 Å². The van der Waals surface area contributed by atoms with Gasteiger partial charge in [-0.25, -0.2) is 0 Å². The number of nitrogens with one attached hydrogen (secondary N) is 1. The Hall–Kier alpha value is -0.750. The van der Waals surface area contributed by atoms with Crippen LogP contribution in [0.3, 0.4) is 0 Å². The molecule has 2 aromatic rings. The maximum atomic E-state index is 5.37. The summed E-state index contributed by atoms with van der Waals surface area (Å²) in [6.07, 6.45) is 0. The fraction of sp³-hybridized carbons (Fsp3) is 0.200. The van der Waals surface area contributed by atoms with E-state index in [-0.39, 0.29) is 0 Å². The second kappa shape index (κ2) is 6.61. The summed E-state index contributed by atoms with van der Waals surface area (Å²) in [4.78, 5) is 0. The molecule has 0 atom stereocenters. The number of ether oxygens (including phenoxy) is 1. The van der Waals surface area contributed by atoms with E-state index < -0.39 is 0 Å². The van der Waals surface area contributed by atoms with Gasteiger partial charge in [0.1, 0.15) is 5.75 Å². The van der Waals surface area contributed by atoms with Crippen LogP contribution in [0.2, 0.25) is 0 Å². The number of aryl methyl sites for hydroxylation is 1. The van der Waals surface area contributed by atoms with Crippen LogP contribution in [0.1, 0.15) is 11.1 Å². The van der Waals surface area contributed by atoms with Gasteiger partial charge in [0.25, 0.3) is 0 Å². The molecule has 0 saturated heterocycles. The quantitative estimate of drug-likeness (QED) is 0.689. The molecule has 0 aliphatic rings. The third-order valence-corrected chi connectivity index (χ3v) is 4.55. The van der Waals surface area contributed by atoms with Gasteiger partial charge in [0.15, 0.2) is 0 Å². The maximum Gasteiger partial charge on any atom is 0.123 e.